The number of hydrogen-bond acceptors (Lipinski definition) is 3. The Balaban J connectivity index is 3.84. The van der Waals surface area contributed by atoms with Gasteiger partial charge in [-0.1, -0.05) is 20.3 Å². The summed E-state index contributed by atoms with van der Waals surface area (Å²) in [7, 11) is 1.74. The maximum atomic E-state index is 11.5. The number of carbonyl (C=O) groups excluding carboxylic acids is 2. The third kappa shape index (κ3) is 6.06. The maximum absolute atomic E-state index is 11.5. The number of nitrogens with zero attached hydrogens (tertiary/aromatic N) is 1. The molecule has 2 amide bonds. The van der Waals surface area contributed by atoms with Crippen LogP contribution in [-0.2, 0) is 9.59 Å². The molecule has 1 atom stereocenters. The lowest BCUT2D eigenvalue weighted by atomic mass is 10.1. The van der Waals surface area contributed by atoms with Crippen molar-refractivity contribution < 1.29 is 9.59 Å². The summed E-state index contributed by atoms with van der Waals surface area (Å²) >= 11 is 0. The van der Waals surface area contributed by atoms with Gasteiger partial charge in [-0.3, -0.25) is 9.59 Å². The molecule has 0 aromatic rings. The number of rotatable bonds is 6. The highest BCUT2D eigenvalue weighted by Crippen LogP contribution is 2.02. The Morgan fingerprint density at radius 1 is 1.47 bits per heavy atom. The third-order valence-electron chi connectivity index (χ3n) is 2.33. The van der Waals surface area contributed by atoms with Crippen LogP contribution in [0.5, 0.6) is 0 Å². The van der Waals surface area contributed by atoms with E-state index in [4.69, 9.17) is 5.73 Å². The van der Waals surface area contributed by atoms with Gasteiger partial charge in [-0.25, -0.2) is 0 Å². The summed E-state index contributed by atoms with van der Waals surface area (Å²) in [6.07, 6.45) is 1.03. The molecule has 0 aliphatic heterocycles. The van der Waals surface area contributed by atoms with Gasteiger partial charge >= 0.3 is 0 Å². The van der Waals surface area contributed by atoms with Crippen LogP contribution in [0.3, 0.4) is 0 Å². The second-order valence-corrected chi connectivity index (χ2v) is 3.77. The van der Waals surface area contributed by atoms with Gasteiger partial charge in [0, 0.05) is 13.6 Å². The van der Waals surface area contributed by atoms with E-state index in [-0.39, 0.29) is 24.9 Å². The van der Waals surface area contributed by atoms with E-state index in [0.717, 1.165) is 6.42 Å². The summed E-state index contributed by atoms with van der Waals surface area (Å²) in [5.74, 6) is 0.0848. The smallest absolute Gasteiger partial charge is 0.241 e. The van der Waals surface area contributed by atoms with Gasteiger partial charge in [0.15, 0.2) is 0 Å². The summed E-state index contributed by atoms with van der Waals surface area (Å²) < 4.78 is 0. The molecule has 0 fully saturated rings. The molecular weight excluding hydrogens is 194 g/mol. The van der Waals surface area contributed by atoms with Crippen molar-refractivity contribution in [2.75, 3.05) is 26.7 Å². The minimum absolute atomic E-state index is 0.0307. The van der Waals surface area contributed by atoms with Crippen LogP contribution in [-0.4, -0.2) is 43.4 Å². The van der Waals surface area contributed by atoms with Gasteiger partial charge in [0.25, 0.3) is 0 Å². The van der Waals surface area contributed by atoms with Gasteiger partial charge in [0.05, 0.1) is 13.1 Å². The molecule has 0 aliphatic carbocycles. The summed E-state index contributed by atoms with van der Waals surface area (Å²) in [4.78, 5) is 23.9. The molecule has 0 spiro atoms. The van der Waals surface area contributed by atoms with Crippen molar-refractivity contribution in [3.8, 4) is 0 Å². The second-order valence-electron chi connectivity index (χ2n) is 3.77. The van der Waals surface area contributed by atoms with Crippen molar-refractivity contribution in [1.29, 1.82) is 0 Å². The average molecular weight is 215 g/mol. The van der Waals surface area contributed by atoms with Crippen LogP contribution in [0.4, 0.5) is 0 Å². The number of likely N-dealkylation sites (N-methyl/N-ethyl adjacent to an activating group) is 1. The number of hydrogen-bond donors (Lipinski definition) is 2. The predicted octanol–water partition coefficient (Wildman–Crippen LogP) is -0.434. The summed E-state index contributed by atoms with van der Waals surface area (Å²) in [5.41, 5.74) is 5.10. The summed E-state index contributed by atoms with van der Waals surface area (Å²) in [6.45, 7) is 4.83. The van der Waals surface area contributed by atoms with Crippen molar-refractivity contribution in [2.45, 2.75) is 20.3 Å². The topological polar surface area (TPSA) is 75.4 Å². The third-order valence-corrected chi connectivity index (χ3v) is 2.33. The lowest BCUT2D eigenvalue weighted by Gasteiger charge is -2.20. The molecule has 0 aromatic carbocycles. The molecule has 0 saturated heterocycles. The fraction of sp³-hybridized carbons (Fsp3) is 0.800. The van der Waals surface area contributed by atoms with Gasteiger partial charge in [-0.05, 0) is 5.92 Å². The van der Waals surface area contributed by atoms with Crippen LogP contribution >= 0.6 is 0 Å². The van der Waals surface area contributed by atoms with E-state index >= 15 is 0 Å². The zero-order valence-electron chi connectivity index (χ0n) is 9.75. The summed E-state index contributed by atoms with van der Waals surface area (Å²) in [6, 6.07) is 0. The Morgan fingerprint density at radius 3 is 2.53 bits per heavy atom. The van der Waals surface area contributed by atoms with Gasteiger partial charge < -0.3 is 16.0 Å². The van der Waals surface area contributed by atoms with Gasteiger partial charge in [0.2, 0.25) is 11.8 Å². The average Bonchev–Trinajstić information content (AvgIpc) is 2.24. The van der Waals surface area contributed by atoms with E-state index in [1.807, 2.05) is 0 Å². The molecule has 1 unspecified atom stereocenters. The molecule has 5 nitrogen and oxygen atoms in total. The predicted molar refractivity (Wildman–Crippen MR) is 59.2 cm³/mol. The lowest BCUT2D eigenvalue weighted by Crippen LogP contribution is -2.41. The Morgan fingerprint density at radius 2 is 2.07 bits per heavy atom. The molecule has 88 valence electrons. The zero-order valence-corrected chi connectivity index (χ0v) is 9.75. The van der Waals surface area contributed by atoms with Crippen LogP contribution in [0.1, 0.15) is 20.3 Å². The van der Waals surface area contributed by atoms with Gasteiger partial charge in [-0.15, -0.1) is 0 Å². The van der Waals surface area contributed by atoms with Crippen molar-refractivity contribution >= 4 is 11.8 Å². The van der Waals surface area contributed by atoms with E-state index in [0.29, 0.717) is 12.5 Å². The Hall–Kier alpha value is -1.10. The highest BCUT2D eigenvalue weighted by molar-refractivity contribution is 5.85. The van der Waals surface area contributed by atoms with Crippen molar-refractivity contribution in [3.63, 3.8) is 0 Å². The first-order valence-corrected chi connectivity index (χ1v) is 5.22. The van der Waals surface area contributed by atoms with Crippen molar-refractivity contribution in [3.05, 3.63) is 0 Å². The normalized spacial score (nSPS) is 12.0. The molecule has 0 aliphatic rings. The Kier molecular flexibility index (Phi) is 6.70. The number of amides is 2. The lowest BCUT2D eigenvalue weighted by molar-refractivity contribution is -0.131. The fourth-order valence-corrected chi connectivity index (χ4v) is 1.08. The van der Waals surface area contributed by atoms with E-state index in [2.05, 4.69) is 19.2 Å². The zero-order chi connectivity index (χ0) is 11.8. The van der Waals surface area contributed by atoms with Crippen molar-refractivity contribution in [2.24, 2.45) is 11.7 Å². The second kappa shape index (κ2) is 7.23. The highest BCUT2D eigenvalue weighted by Gasteiger charge is 2.11. The molecule has 0 bridgehead atoms. The highest BCUT2D eigenvalue weighted by atomic mass is 16.2. The van der Waals surface area contributed by atoms with E-state index in [1.54, 1.807) is 11.9 Å². The molecule has 0 rings (SSSR count). The first-order chi connectivity index (χ1) is 7.01. The molecular formula is C10H21N3O2. The van der Waals surface area contributed by atoms with Crippen LogP contribution < -0.4 is 11.1 Å². The van der Waals surface area contributed by atoms with Crippen LogP contribution in [0.25, 0.3) is 0 Å². The molecule has 0 radical (unpaired) electrons. The summed E-state index contributed by atoms with van der Waals surface area (Å²) in [5, 5.41) is 2.45. The SMILES string of the molecule is CCC(C)CN(C)C(=O)CNC(=O)CN. The standard InChI is InChI=1S/C10H21N3O2/c1-4-8(2)7-13(3)10(15)6-12-9(14)5-11/h8H,4-7,11H2,1-3H3,(H,12,14). The first-order valence-electron chi connectivity index (χ1n) is 5.22. The van der Waals surface area contributed by atoms with E-state index in [1.165, 1.54) is 0 Å². The minimum Gasteiger partial charge on any atom is -0.346 e. The fourth-order valence-electron chi connectivity index (χ4n) is 1.08. The van der Waals surface area contributed by atoms with Crippen molar-refractivity contribution in [1.82, 2.24) is 10.2 Å². The monoisotopic (exact) mass is 215 g/mol. The quantitative estimate of drug-likeness (QED) is 0.631. The van der Waals surface area contributed by atoms with E-state index < -0.39 is 0 Å². The molecule has 5 heteroatoms. The van der Waals surface area contributed by atoms with Gasteiger partial charge in [0.1, 0.15) is 0 Å². The molecule has 0 saturated carbocycles. The minimum atomic E-state index is -0.305. The number of nitrogens with two attached hydrogens (primary N) is 1. The number of nitrogens with one attached hydrogen (secondary N) is 1. The van der Waals surface area contributed by atoms with E-state index in [9.17, 15) is 9.59 Å². The molecule has 0 heterocycles. The maximum Gasteiger partial charge on any atom is 0.241 e. The molecule has 0 aromatic heterocycles. The largest absolute Gasteiger partial charge is 0.346 e. The van der Waals surface area contributed by atoms with Gasteiger partial charge in [-0.2, -0.15) is 0 Å². The molecule has 15 heavy (non-hydrogen) atoms. The van der Waals surface area contributed by atoms with Crippen LogP contribution in [0, 0.1) is 5.92 Å². The Labute approximate surface area is 91.0 Å². The van der Waals surface area contributed by atoms with Crippen LogP contribution in [0.2, 0.25) is 0 Å². The molecule has 3 N–H and O–H groups in total. The first kappa shape index (κ1) is 13.9. The Bertz CT molecular complexity index is 219. The number of carbonyl (C=O) groups is 2. The van der Waals surface area contributed by atoms with Crippen LogP contribution in [0.15, 0.2) is 0 Å².